The van der Waals surface area contributed by atoms with Gasteiger partial charge in [0.25, 0.3) is 5.91 Å². The van der Waals surface area contributed by atoms with Crippen molar-refractivity contribution in [3.8, 4) is 5.75 Å². The number of esters is 1. The van der Waals surface area contributed by atoms with Crippen LogP contribution in [0.3, 0.4) is 0 Å². The Balaban J connectivity index is 2.01. The molecule has 0 saturated carbocycles. The molecule has 0 aliphatic heterocycles. The quantitative estimate of drug-likeness (QED) is 0.840. The molecular formula is C17H20N2O4S. The molecule has 7 heteroatoms. The van der Waals surface area contributed by atoms with Gasteiger partial charge in [-0.2, -0.15) is 0 Å². The number of nitrogens with zero attached hydrogens (tertiary/aromatic N) is 1. The normalized spacial score (nSPS) is 10.4. The van der Waals surface area contributed by atoms with Gasteiger partial charge in [0, 0.05) is 0 Å². The largest absolute Gasteiger partial charge is 0.483 e. The summed E-state index contributed by atoms with van der Waals surface area (Å²) < 4.78 is 10.3. The first-order valence-electron chi connectivity index (χ1n) is 7.38. The fraction of sp³-hybridized carbons (Fsp3) is 0.353. The second-order valence-electron chi connectivity index (χ2n) is 5.49. The van der Waals surface area contributed by atoms with Crippen LogP contribution in [-0.2, 0) is 9.53 Å². The number of thiazole rings is 1. The number of amides is 1. The fourth-order valence-corrected chi connectivity index (χ4v) is 3.32. The van der Waals surface area contributed by atoms with Gasteiger partial charge in [0.2, 0.25) is 0 Å². The van der Waals surface area contributed by atoms with Crippen molar-refractivity contribution in [3.05, 3.63) is 39.4 Å². The van der Waals surface area contributed by atoms with Crippen LogP contribution in [-0.4, -0.2) is 30.6 Å². The van der Waals surface area contributed by atoms with Crippen molar-refractivity contribution < 1.29 is 19.1 Å². The van der Waals surface area contributed by atoms with Crippen LogP contribution in [0.1, 0.15) is 32.1 Å². The summed E-state index contributed by atoms with van der Waals surface area (Å²) in [6.07, 6.45) is 0. The number of hydrogen-bond donors (Lipinski definition) is 1. The average molecular weight is 348 g/mol. The third-order valence-electron chi connectivity index (χ3n) is 3.37. The molecule has 0 fully saturated rings. The van der Waals surface area contributed by atoms with Crippen molar-refractivity contribution in [1.82, 2.24) is 4.98 Å². The fourth-order valence-electron chi connectivity index (χ4n) is 2.42. The number of benzene rings is 1. The molecule has 1 aromatic heterocycles. The Morgan fingerprint density at radius 2 is 1.79 bits per heavy atom. The van der Waals surface area contributed by atoms with E-state index in [-0.39, 0.29) is 12.5 Å². The maximum atomic E-state index is 12.0. The van der Waals surface area contributed by atoms with Crippen molar-refractivity contribution in [2.75, 3.05) is 19.0 Å². The first-order chi connectivity index (χ1) is 11.3. The van der Waals surface area contributed by atoms with Gasteiger partial charge in [-0.1, -0.05) is 29.0 Å². The first kappa shape index (κ1) is 17.9. The van der Waals surface area contributed by atoms with Gasteiger partial charge in [0.05, 0.1) is 12.8 Å². The number of carbonyl (C=O) groups excluding carboxylic acids is 2. The minimum atomic E-state index is -0.465. The molecule has 1 heterocycles. The molecule has 0 aliphatic rings. The second kappa shape index (κ2) is 7.44. The Morgan fingerprint density at radius 1 is 1.17 bits per heavy atom. The standard InChI is InChI=1S/C17H20N2O4S/c1-9-6-10(2)14(11(3)7-9)23-8-13(20)19-17-18-12(4)15(24-17)16(21)22-5/h6-7H,8H2,1-5H3,(H,18,19,20). The number of anilines is 1. The van der Waals surface area contributed by atoms with E-state index in [4.69, 9.17) is 4.74 Å². The van der Waals surface area contributed by atoms with Crippen molar-refractivity contribution in [3.63, 3.8) is 0 Å². The van der Waals surface area contributed by atoms with Gasteiger partial charge in [-0.3, -0.25) is 10.1 Å². The van der Waals surface area contributed by atoms with E-state index >= 15 is 0 Å². The van der Waals surface area contributed by atoms with Crippen LogP contribution < -0.4 is 10.1 Å². The molecule has 0 unspecified atom stereocenters. The van der Waals surface area contributed by atoms with Crippen LogP contribution in [0.4, 0.5) is 5.13 Å². The number of methoxy groups -OCH3 is 1. The molecule has 128 valence electrons. The molecule has 0 saturated heterocycles. The number of nitrogens with one attached hydrogen (secondary N) is 1. The van der Waals surface area contributed by atoms with Gasteiger partial charge < -0.3 is 9.47 Å². The molecule has 6 nitrogen and oxygen atoms in total. The van der Waals surface area contributed by atoms with Gasteiger partial charge in [0.15, 0.2) is 11.7 Å². The van der Waals surface area contributed by atoms with E-state index in [1.807, 2.05) is 32.9 Å². The van der Waals surface area contributed by atoms with Crippen LogP contribution in [0.2, 0.25) is 0 Å². The van der Waals surface area contributed by atoms with E-state index in [2.05, 4.69) is 15.0 Å². The molecule has 2 aromatic rings. The van der Waals surface area contributed by atoms with Crippen LogP contribution in [0.25, 0.3) is 0 Å². The zero-order valence-electron chi connectivity index (χ0n) is 14.4. The van der Waals surface area contributed by atoms with E-state index in [1.54, 1.807) is 6.92 Å². The summed E-state index contributed by atoms with van der Waals surface area (Å²) in [5, 5.41) is 2.98. The molecule has 0 radical (unpaired) electrons. The molecule has 0 spiro atoms. The summed E-state index contributed by atoms with van der Waals surface area (Å²) >= 11 is 1.08. The highest BCUT2D eigenvalue weighted by Crippen LogP contribution is 2.25. The van der Waals surface area contributed by atoms with E-state index < -0.39 is 5.97 Å². The van der Waals surface area contributed by atoms with Crippen molar-refractivity contribution in [1.29, 1.82) is 0 Å². The minimum Gasteiger partial charge on any atom is -0.483 e. The predicted octanol–water partition coefficient (Wildman–Crippen LogP) is 3.18. The summed E-state index contributed by atoms with van der Waals surface area (Å²) in [6.45, 7) is 7.46. The van der Waals surface area contributed by atoms with E-state index in [1.165, 1.54) is 7.11 Å². The van der Waals surface area contributed by atoms with Gasteiger partial charge in [-0.05, 0) is 38.8 Å². The van der Waals surface area contributed by atoms with Gasteiger partial charge in [0.1, 0.15) is 10.6 Å². The molecule has 1 N–H and O–H groups in total. The maximum Gasteiger partial charge on any atom is 0.350 e. The Kier molecular flexibility index (Phi) is 5.56. The molecule has 1 amide bonds. The highest BCUT2D eigenvalue weighted by molar-refractivity contribution is 7.17. The lowest BCUT2D eigenvalue weighted by atomic mass is 10.1. The Bertz CT molecular complexity index is 760. The molecule has 0 aliphatic carbocycles. The average Bonchev–Trinajstić information content (AvgIpc) is 2.85. The van der Waals surface area contributed by atoms with Crippen molar-refractivity contribution >= 4 is 28.3 Å². The highest BCUT2D eigenvalue weighted by atomic mass is 32.1. The topological polar surface area (TPSA) is 77.5 Å². The zero-order chi connectivity index (χ0) is 17.9. The summed E-state index contributed by atoms with van der Waals surface area (Å²) in [5.74, 6) is -0.0893. The first-order valence-corrected chi connectivity index (χ1v) is 8.19. The number of aryl methyl sites for hydroxylation is 4. The van der Waals surface area contributed by atoms with Crippen LogP contribution in [0.15, 0.2) is 12.1 Å². The van der Waals surface area contributed by atoms with E-state index in [0.29, 0.717) is 21.5 Å². The van der Waals surface area contributed by atoms with Gasteiger partial charge in [-0.15, -0.1) is 0 Å². The van der Waals surface area contributed by atoms with Gasteiger partial charge in [-0.25, -0.2) is 9.78 Å². The lowest BCUT2D eigenvalue weighted by Gasteiger charge is -2.12. The second-order valence-corrected chi connectivity index (χ2v) is 6.49. The third kappa shape index (κ3) is 4.11. The third-order valence-corrected chi connectivity index (χ3v) is 4.42. The van der Waals surface area contributed by atoms with Crippen molar-refractivity contribution in [2.45, 2.75) is 27.7 Å². The summed E-state index contributed by atoms with van der Waals surface area (Å²) in [7, 11) is 1.31. The smallest absolute Gasteiger partial charge is 0.350 e. The Labute approximate surface area is 144 Å². The lowest BCUT2D eigenvalue weighted by molar-refractivity contribution is -0.118. The highest BCUT2D eigenvalue weighted by Gasteiger charge is 2.17. The number of hydrogen-bond acceptors (Lipinski definition) is 6. The molecular weight excluding hydrogens is 328 g/mol. The zero-order valence-corrected chi connectivity index (χ0v) is 15.2. The maximum absolute atomic E-state index is 12.0. The molecule has 0 bridgehead atoms. The molecule has 24 heavy (non-hydrogen) atoms. The number of rotatable bonds is 5. The van der Waals surface area contributed by atoms with Crippen LogP contribution >= 0.6 is 11.3 Å². The number of carbonyl (C=O) groups is 2. The minimum absolute atomic E-state index is 0.128. The summed E-state index contributed by atoms with van der Waals surface area (Å²) in [4.78, 5) is 28.1. The molecule has 1 aromatic carbocycles. The Hall–Kier alpha value is -2.41. The number of aromatic nitrogens is 1. The SMILES string of the molecule is COC(=O)c1sc(NC(=O)COc2c(C)cc(C)cc2C)nc1C. The monoisotopic (exact) mass is 348 g/mol. The van der Waals surface area contributed by atoms with Crippen molar-refractivity contribution in [2.24, 2.45) is 0 Å². The lowest BCUT2D eigenvalue weighted by Crippen LogP contribution is -2.20. The van der Waals surface area contributed by atoms with Crippen LogP contribution in [0, 0.1) is 27.7 Å². The van der Waals surface area contributed by atoms with Crippen LogP contribution in [0.5, 0.6) is 5.75 Å². The molecule has 2 rings (SSSR count). The van der Waals surface area contributed by atoms with E-state index in [9.17, 15) is 9.59 Å². The summed E-state index contributed by atoms with van der Waals surface area (Å²) in [5.41, 5.74) is 3.64. The predicted molar refractivity (Wildman–Crippen MR) is 93.0 cm³/mol. The van der Waals surface area contributed by atoms with E-state index in [0.717, 1.165) is 28.0 Å². The summed E-state index contributed by atoms with van der Waals surface area (Å²) in [6, 6.07) is 4.01. The van der Waals surface area contributed by atoms with Gasteiger partial charge >= 0.3 is 5.97 Å². The Morgan fingerprint density at radius 3 is 2.38 bits per heavy atom. The molecule has 0 atom stereocenters. The number of ether oxygens (including phenoxy) is 2.